The number of amides is 1. The molecule has 3 aromatic rings. The van der Waals surface area contributed by atoms with Crippen LogP contribution in [0.3, 0.4) is 0 Å². The van der Waals surface area contributed by atoms with E-state index in [1.165, 1.54) is 0 Å². The summed E-state index contributed by atoms with van der Waals surface area (Å²) >= 11 is 0. The van der Waals surface area contributed by atoms with Crippen LogP contribution in [-0.4, -0.2) is 70.7 Å². The summed E-state index contributed by atoms with van der Waals surface area (Å²) in [5.41, 5.74) is 3.70. The van der Waals surface area contributed by atoms with E-state index in [1.807, 2.05) is 36.0 Å². The van der Waals surface area contributed by atoms with E-state index in [0.29, 0.717) is 18.1 Å². The normalized spacial score (nSPS) is 15.0. The molecule has 3 aromatic heterocycles. The standard InChI is InChI=1S/C22H28N6O2/c1-26(11-12-30-3)21-20-19(27(2)15-24-20)13-18(25-21)16-6-9-28(10-7-16)22(29)17-5-4-8-23-14-17/h4-5,8,13-16H,6-7,9-12H2,1-3H3. The third kappa shape index (κ3) is 4.00. The summed E-state index contributed by atoms with van der Waals surface area (Å²) in [6, 6.07) is 5.77. The van der Waals surface area contributed by atoms with E-state index in [4.69, 9.17) is 9.72 Å². The van der Waals surface area contributed by atoms with Gasteiger partial charge in [-0.1, -0.05) is 0 Å². The number of methoxy groups -OCH3 is 1. The fraction of sp³-hybridized carbons (Fsp3) is 0.455. The van der Waals surface area contributed by atoms with Gasteiger partial charge in [-0.2, -0.15) is 0 Å². The second-order valence-electron chi connectivity index (χ2n) is 7.82. The van der Waals surface area contributed by atoms with Gasteiger partial charge in [0.25, 0.3) is 5.91 Å². The largest absolute Gasteiger partial charge is 0.383 e. The van der Waals surface area contributed by atoms with Crippen molar-refractivity contribution in [2.75, 3.05) is 45.3 Å². The Balaban J connectivity index is 1.54. The Labute approximate surface area is 176 Å². The molecule has 0 bridgehead atoms. The molecular formula is C22H28N6O2. The van der Waals surface area contributed by atoms with Gasteiger partial charge in [0.15, 0.2) is 5.82 Å². The van der Waals surface area contributed by atoms with Crippen LogP contribution in [0, 0.1) is 0 Å². The zero-order chi connectivity index (χ0) is 21.1. The predicted octanol–water partition coefficient (Wildman–Crippen LogP) is 2.47. The molecule has 0 radical (unpaired) electrons. The average Bonchev–Trinajstić information content (AvgIpc) is 3.17. The van der Waals surface area contributed by atoms with Gasteiger partial charge in [0.2, 0.25) is 0 Å². The molecule has 0 N–H and O–H groups in total. The molecule has 1 aliphatic rings. The van der Waals surface area contributed by atoms with Crippen LogP contribution in [0.15, 0.2) is 36.9 Å². The zero-order valence-electron chi connectivity index (χ0n) is 17.8. The quantitative estimate of drug-likeness (QED) is 0.624. The molecule has 8 heteroatoms. The number of aryl methyl sites for hydroxylation is 1. The number of carbonyl (C=O) groups excluding carboxylic acids is 1. The number of rotatable bonds is 6. The predicted molar refractivity (Wildman–Crippen MR) is 116 cm³/mol. The number of likely N-dealkylation sites (N-methyl/N-ethyl adjacent to an activating group) is 1. The number of imidazole rings is 1. The van der Waals surface area contributed by atoms with Crippen molar-refractivity contribution in [3.05, 3.63) is 48.2 Å². The molecule has 0 aliphatic carbocycles. The van der Waals surface area contributed by atoms with Gasteiger partial charge in [-0.3, -0.25) is 9.78 Å². The van der Waals surface area contributed by atoms with Crippen LogP contribution in [0.5, 0.6) is 0 Å². The number of piperidine rings is 1. The van der Waals surface area contributed by atoms with Crippen molar-refractivity contribution in [3.8, 4) is 0 Å². The van der Waals surface area contributed by atoms with Gasteiger partial charge in [-0.15, -0.1) is 0 Å². The smallest absolute Gasteiger partial charge is 0.255 e. The van der Waals surface area contributed by atoms with Gasteiger partial charge in [0.1, 0.15) is 5.52 Å². The summed E-state index contributed by atoms with van der Waals surface area (Å²) < 4.78 is 7.27. The Hall–Kier alpha value is -3.00. The lowest BCUT2D eigenvalue weighted by molar-refractivity contribution is 0.0711. The van der Waals surface area contributed by atoms with Gasteiger partial charge in [0, 0.05) is 64.8 Å². The summed E-state index contributed by atoms with van der Waals surface area (Å²) in [6.07, 6.45) is 6.94. The van der Waals surface area contributed by atoms with Gasteiger partial charge < -0.3 is 19.1 Å². The van der Waals surface area contributed by atoms with Crippen molar-refractivity contribution >= 4 is 22.8 Å². The van der Waals surface area contributed by atoms with Crippen LogP contribution < -0.4 is 4.90 Å². The van der Waals surface area contributed by atoms with Gasteiger partial charge in [0.05, 0.1) is 24.0 Å². The number of carbonyl (C=O) groups is 1. The Bertz CT molecular complexity index is 1010. The fourth-order valence-electron chi connectivity index (χ4n) is 3.99. The van der Waals surface area contributed by atoms with E-state index in [0.717, 1.165) is 55.0 Å². The van der Waals surface area contributed by atoms with E-state index in [9.17, 15) is 4.79 Å². The second kappa shape index (κ2) is 8.79. The summed E-state index contributed by atoms with van der Waals surface area (Å²) in [7, 11) is 5.73. The minimum Gasteiger partial charge on any atom is -0.383 e. The van der Waals surface area contributed by atoms with Crippen molar-refractivity contribution in [2.45, 2.75) is 18.8 Å². The minimum atomic E-state index is 0.0524. The van der Waals surface area contributed by atoms with Crippen molar-refractivity contribution in [2.24, 2.45) is 7.05 Å². The molecule has 158 valence electrons. The molecule has 0 unspecified atom stereocenters. The van der Waals surface area contributed by atoms with Crippen LogP contribution in [-0.2, 0) is 11.8 Å². The number of pyridine rings is 2. The first-order valence-electron chi connectivity index (χ1n) is 10.3. The maximum atomic E-state index is 12.7. The lowest BCUT2D eigenvalue weighted by Crippen LogP contribution is -2.38. The number of anilines is 1. The van der Waals surface area contributed by atoms with E-state index in [-0.39, 0.29) is 5.91 Å². The number of aromatic nitrogens is 4. The van der Waals surface area contributed by atoms with E-state index >= 15 is 0 Å². The molecule has 1 aliphatic heterocycles. The summed E-state index contributed by atoms with van der Waals surface area (Å²) in [6.45, 7) is 2.82. The first kappa shape index (κ1) is 20.3. The zero-order valence-corrected chi connectivity index (χ0v) is 17.8. The first-order chi connectivity index (χ1) is 14.6. The molecule has 1 amide bonds. The third-order valence-corrected chi connectivity index (χ3v) is 5.82. The molecule has 4 heterocycles. The first-order valence-corrected chi connectivity index (χ1v) is 10.3. The van der Waals surface area contributed by atoms with Gasteiger partial charge in [-0.25, -0.2) is 9.97 Å². The number of nitrogens with zero attached hydrogens (tertiary/aromatic N) is 6. The fourth-order valence-corrected chi connectivity index (χ4v) is 3.99. The van der Waals surface area contributed by atoms with Crippen LogP contribution in [0.2, 0.25) is 0 Å². The highest BCUT2D eigenvalue weighted by molar-refractivity contribution is 5.94. The van der Waals surface area contributed by atoms with Crippen LogP contribution in [0.4, 0.5) is 5.82 Å². The van der Waals surface area contributed by atoms with Gasteiger partial charge in [-0.05, 0) is 31.0 Å². The number of ether oxygens (including phenoxy) is 1. The van der Waals surface area contributed by atoms with Crippen molar-refractivity contribution in [1.29, 1.82) is 0 Å². The number of hydrogen-bond acceptors (Lipinski definition) is 6. The SMILES string of the molecule is COCCN(C)c1nc(C2CCN(C(=O)c3cccnc3)CC2)cc2c1ncn2C. The van der Waals surface area contributed by atoms with Crippen LogP contribution >= 0.6 is 0 Å². The van der Waals surface area contributed by atoms with E-state index in [2.05, 4.69) is 20.9 Å². The highest BCUT2D eigenvalue weighted by Gasteiger charge is 2.27. The molecule has 0 saturated carbocycles. The summed E-state index contributed by atoms with van der Waals surface area (Å²) in [4.78, 5) is 30.4. The minimum absolute atomic E-state index is 0.0524. The molecule has 8 nitrogen and oxygen atoms in total. The maximum Gasteiger partial charge on any atom is 0.255 e. The molecular weight excluding hydrogens is 380 g/mol. The average molecular weight is 409 g/mol. The van der Waals surface area contributed by atoms with Crippen molar-refractivity contribution in [1.82, 2.24) is 24.4 Å². The Morgan fingerprint density at radius 2 is 2.13 bits per heavy atom. The number of likely N-dealkylation sites (tertiary alicyclic amines) is 1. The molecule has 0 aromatic carbocycles. The Morgan fingerprint density at radius 1 is 1.33 bits per heavy atom. The summed E-state index contributed by atoms with van der Waals surface area (Å²) in [5, 5.41) is 0. The lowest BCUT2D eigenvalue weighted by atomic mass is 9.92. The van der Waals surface area contributed by atoms with Crippen molar-refractivity contribution < 1.29 is 9.53 Å². The van der Waals surface area contributed by atoms with Crippen LogP contribution in [0.1, 0.15) is 34.8 Å². The number of fused-ring (bicyclic) bond motifs is 1. The van der Waals surface area contributed by atoms with Crippen molar-refractivity contribution in [3.63, 3.8) is 0 Å². The lowest BCUT2D eigenvalue weighted by Gasteiger charge is -2.32. The number of hydrogen-bond donors (Lipinski definition) is 0. The molecule has 0 atom stereocenters. The Kier molecular flexibility index (Phi) is 5.94. The molecule has 1 saturated heterocycles. The highest BCUT2D eigenvalue weighted by atomic mass is 16.5. The van der Waals surface area contributed by atoms with Gasteiger partial charge >= 0.3 is 0 Å². The second-order valence-corrected chi connectivity index (χ2v) is 7.82. The monoisotopic (exact) mass is 408 g/mol. The molecule has 30 heavy (non-hydrogen) atoms. The summed E-state index contributed by atoms with van der Waals surface area (Å²) in [5.74, 6) is 1.25. The molecule has 0 spiro atoms. The van der Waals surface area contributed by atoms with E-state index in [1.54, 1.807) is 25.6 Å². The highest BCUT2D eigenvalue weighted by Crippen LogP contribution is 2.32. The van der Waals surface area contributed by atoms with Crippen LogP contribution in [0.25, 0.3) is 11.0 Å². The molecule has 1 fully saturated rings. The third-order valence-electron chi connectivity index (χ3n) is 5.82. The topological polar surface area (TPSA) is 76.4 Å². The molecule has 4 rings (SSSR count). The Morgan fingerprint density at radius 3 is 2.83 bits per heavy atom. The van der Waals surface area contributed by atoms with E-state index < -0.39 is 0 Å². The maximum absolute atomic E-state index is 12.7.